The van der Waals surface area contributed by atoms with Crippen LogP contribution in [0.2, 0.25) is 5.02 Å². The van der Waals surface area contributed by atoms with Gasteiger partial charge < -0.3 is 29.9 Å². The van der Waals surface area contributed by atoms with E-state index in [4.69, 9.17) is 21.1 Å². The number of fused-ring (bicyclic) bond motifs is 1. The molecule has 2 aromatic carbocycles. The molecule has 0 radical (unpaired) electrons. The first-order valence-corrected chi connectivity index (χ1v) is 11.4. The molecule has 6 nitrogen and oxygen atoms in total. The third kappa shape index (κ3) is 4.31. The topological polar surface area (TPSA) is 99.4 Å². The van der Waals surface area contributed by atoms with Crippen molar-refractivity contribution in [3.8, 4) is 5.75 Å². The Morgan fingerprint density at radius 1 is 1.00 bits per heavy atom. The van der Waals surface area contributed by atoms with E-state index in [0.29, 0.717) is 17.0 Å². The van der Waals surface area contributed by atoms with Crippen LogP contribution < -0.4 is 4.74 Å². The fraction of sp³-hybridized carbons (Fsp3) is 0.440. The molecular weight excluding hydrogens is 432 g/mol. The predicted octanol–water partition coefficient (Wildman–Crippen LogP) is 2.54. The highest BCUT2D eigenvalue weighted by Gasteiger charge is 2.44. The van der Waals surface area contributed by atoms with Gasteiger partial charge in [0.15, 0.2) is 0 Å². The van der Waals surface area contributed by atoms with Crippen molar-refractivity contribution in [3.63, 3.8) is 0 Å². The molecule has 0 spiro atoms. The van der Waals surface area contributed by atoms with Gasteiger partial charge in [-0.3, -0.25) is 0 Å². The lowest BCUT2D eigenvalue weighted by atomic mass is 9.90. The molecular formula is C25H27ClO6. The zero-order valence-corrected chi connectivity index (χ0v) is 18.2. The van der Waals surface area contributed by atoms with Crippen molar-refractivity contribution < 1.29 is 29.9 Å². The third-order valence-corrected chi connectivity index (χ3v) is 7.03. The van der Waals surface area contributed by atoms with Crippen LogP contribution in [0.5, 0.6) is 5.75 Å². The number of aliphatic hydroxyl groups is 4. The number of aliphatic hydroxyl groups excluding tert-OH is 4. The minimum atomic E-state index is -1.42. The van der Waals surface area contributed by atoms with E-state index in [1.807, 2.05) is 30.3 Å². The van der Waals surface area contributed by atoms with E-state index in [9.17, 15) is 20.4 Å². The zero-order valence-electron chi connectivity index (χ0n) is 17.5. The number of ether oxygens (including phenoxy) is 2. The standard InChI is InChI=1S/C25H27ClO6/c26-20-6-3-14(25-24(30)23(29)22(28)21(12-27)32-25)8-17(20)7-13-1-4-18(5-2-13)31-19-10-15-9-16(15)11-19/h1-6,8,10,16,19,21-25,27-30H,7,9,11-12H2/t16-,19+,21+,22+,23-,24+,25-/m0/s1. The highest BCUT2D eigenvalue weighted by Crippen LogP contribution is 2.47. The predicted molar refractivity (Wildman–Crippen MR) is 119 cm³/mol. The van der Waals surface area contributed by atoms with Gasteiger partial charge in [-0.25, -0.2) is 0 Å². The number of hydrogen-bond acceptors (Lipinski definition) is 6. The molecule has 7 heteroatoms. The van der Waals surface area contributed by atoms with E-state index in [2.05, 4.69) is 6.08 Å². The van der Waals surface area contributed by atoms with Crippen molar-refractivity contribution in [2.75, 3.05) is 6.61 Å². The fourth-order valence-corrected chi connectivity index (χ4v) is 4.88. The summed E-state index contributed by atoms with van der Waals surface area (Å²) in [6.07, 6.45) is -0.657. The number of allylic oxidation sites excluding steroid dienone is 1. The molecule has 5 rings (SSSR count). The molecule has 1 saturated heterocycles. The van der Waals surface area contributed by atoms with Gasteiger partial charge in [-0.15, -0.1) is 0 Å². The van der Waals surface area contributed by atoms with E-state index in [-0.39, 0.29) is 6.10 Å². The molecule has 1 aliphatic heterocycles. The van der Waals surface area contributed by atoms with Crippen LogP contribution >= 0.6 is 11.6 Å². The molecule has 2 aliphatic carbocycles. The maximum atomic E-state index is 10.4. The quantitative estimate of drug-likeness (QED) is 0.496. The highest BCUT2D eigenvalue weighted by molar-refractivity contribution is 6.31. The highest BCUT2D eigenvalue weighted by atomic mass is 35.5. The number of halogens is 1. The Balaban J connectivity index is 1.29. The van der Waals surface area contributed by atoms with Gasteiger partial charge in [-0.2, -0.15) is 0 Å². The van der Waals surface area contributed by atoms with Gasteiger partial charge in [0.1, 0.15) is 42.4 Å². The maximum Gasteiger partial charge on any atom is 0.120 e. The summed E-state index contributed by atoms with van der Waals surface area (Å²) in [7, 11) is 0. The van der Waals surface area contributed by atoms with Crippen LogP contribution in [0.1, 0.15) is 35.6 Å². The summed E-state index contributed by atoms with van der Waals surface area (Å²) in [4.78, 5) is 0. The monoisotopic (exact) mass is 458 g/mol. The van der Waals surface area contributed by atoms with E-state index in [1.165, 1.54) is 12.0 Å². The molecule has 32 heavy (non-hydrogen) atoms. The molecule has 2 aromatic rings. The first-order valence-electron chi connectivity index (χ1n) is 11.0. The lowest BCUT2D eigenvalue weighted by Crippen LogP contribution is -2.55. The Hall–Kier alpha value is -1.93. The summed E-state index contributed by atoms with van der Waals surface area (Å²) in [5.74, 6) is 1.59. The second-order valence-electron chi connectivity index (χ2n) is 8.96. The van der Waals surface area contributed by atoms with Crippen molar-refractivity contribution in [2.24, 2.45) is 5.92 Å². The lowest BCUT2D eigenvalue weighted by Gasteiger charge is -2.40. The molecule has 170 valence electrons. The summed E-state index contributed by atoms with van der Waals surface area (Å²) in [5, 5.41) is 40.6. The molecule has 3 aliphatic rings. The summed E-state index contributed by atoms with van der Waals surface area (Å²) in [5.41, 5.74) is 4.04. The number of hydrogen-bond donors (Lipinski definition) is 4. The fourth-order valence-electron chi connectivity index (χ4n) is 4.70. The minimum absolute atomic E-state index is 0.180. The van der Waals surface area contributed by atoms with Crippen LogP contribution in [0, 0.1) is 5.92 Å². The Morgan fingerprint density at radius 3 is 2.47 bits per heavy atom. The van der Waals surface area contributed by atoms with Crippen LogP contribution in [-0.2, 0) is 11.2 Å². The smallest absolute Gasteiger partial charge is 0.120 e. The average Bonchev–Trinajstić information content (AvgIpc) is 3.41. The van der Waals surface area contributed by atoms with Gasteiger partial charge in [-0.05, 0) is 66.1 Å². The van der Waals surface area contributed by atoms with Crippen molar-refractivity contribution in [3.05, 3.63) is 75.8 Å². The SMILES string of the molecule is OC[C@H]1O[C@@H](c2ccc(Cl)c(Cc3ccc(O[C@@H]4C=C5C[C@H]5C4)cc3)c2)[C@H](O)[C@@H](O)[C@@H]1O. The molecule has 2 fully saturated rings. The molecule has 0 unspecified atom stereocenters. The Kier molecular flexibility index (Phi) is 6.01. The van der Waals surface area contributed by atoms with Gasteiger partial charge in [-0.1, -0.05) is 41.4 Å². The largest absolute Gasteiger partial charge is 0.486 e. The van der Waals surface area contributed by atoms with Crippen LogP contribution in [0.3, 0.4) is 0 Å². The summed E-state index contributed by atoms with van der Waals surface area (Å²) >= 11 is 6.43. The van der Waals surface area contributed by atoms with Crippen LogP contribution in [0.25, 0.3) is 0 Å². The van der Waals surface area contributed by atoms with Gasteiger partial charge in [0.25, 0.3) is 0 Å². The normalized spacial score (nSPS) is 33.5. The Bertz CT molecular complexity index is 1000. The van der Waals surface area contributed by atoms with Crippen LogP contribution in [0.15, 0.2) is 54.1 Å². The molecule has 0 aromatic heterocycles. The van der Waals surface area contributed by atoms with Crippen molar-refractivity contribution >= 4 is 11.6 Å². The van der Waals surface area contributed by atoms with Crippen molar-refractivity contribution in [1.82, 2.24) is 0 Å². The van der Waals surface area contributed by atoms with Crippen LogP contribution in [-0.4, -0.2) is 57.6 Å². The third-order valence-electron chi connectivity index (χ3n) is 6.66. The van der Waals surface area contributed by atoms with Gasteiger partial charge in [0.05, 0.1) is 6.61 Å². The van der Waals surface area contributed by atoms with E-state index >= 15 is 0 Å². The molecule has 0 amide bonds. The van der Waals surface area contributed by atoms with Crippen LogP contribution in [0.4, 0.5) is 0 Å². The Labute approximate surface area is 191 Å². The second kappa shape index (κ2) is 8.78. The second-order valence-corrected chi connectivity index (χ2v) is 9.36. The number of benzene rings is 2. The summed E-state index contributed by atoms with van der Waals surface area (Å²) in [6, 6.07) is 13.2. The van der Waals surface area contributed by atoms with Gasteiger partial charge in [0, 0.05) is 5.02 Å². The molecule has 0 bridgehead atoms. The van der Waals surface area contributed by atoms with E-state index in [1.54, 1.807) is 12.1 Å². The maximum absolute atomic E-state index is 10.4. The van der Waals surface area contributed by atoms with E-state index in [0.717, 1.165) is 29.2 Å². The lowest BCUT2D eigenvalue weighted by molar-refractivity contribution is -0.231. The van der Waals surface area contributed by atoms with Gasteiger partial charge in [0.2, 0.25) is 0 Å². The Morgan fingerprint density at radius 2 is 1.78 bits per heavy atom. The first-order chi connectivity index (χ1) is 15.4. The van der Waals surface area contributed by atoms with E-state index < -0.39 is 37.1 Å². The average molecular weight is 459 g/mol. The number of rotatable bonds is 6. The first kappa shape index (κ1) is 21.9. The van der Waals surface area contributed by atoms with Crippen molar-refractivity contribution in [2.45, 2.75) is 55.9 Å². The minimum Gasteiger partial charge on any atom is -0.486 e. The summed E-state index contributed by atoms with van der Waals surface area (Å²) < 4.78 is 11.7. The molecule has 7 atom stereocenters. The summed E-state index contributed by atoms with van der Waals surface area (Å²) in [6.45, 7) is -0.463. The molecule has 1 heterocycles. The van der Waals surface area contributed by atoms with Crippen molar-refractivity contribution in [1.29, 1.82) is 0 Å². The zero-order chi connectivity index (χ0) is 22.4. The molecule has 4 N–H and O–H groups in total. The van der Waals surface area contributed by atoms with Gasteiger partial charge >= 0.3 is 0 Å². The molecule has 1 saturated carbocycles.